The SMILES string of the molecule is COC1OC(OC2=CCCCC2)=C(I)c2ccccc21. The van der Waals surface area contributed by atoms with Crippen molar-refractivity contribution in [2.75, 3.05) is 7.11 Å². The molecule has 1 aliphatic heterocycles. The van der Waals surface area contributed by atoms with Gasteiger partial charge >= 0.3 is 5.95 Å². The lowest BCUT2D eigenvalue weighted by Crippen LogP contribution is -2.15. The monoisotopic (exact) mass is 384 g/mol. The molecule has 0 spiro atoms. The summed E-state index contributed by atoms with van der Waals surface area (Å²) in [4.78, 5) is 0. The van der Waals surface area contributed by atoms with E-state index in [0.29, 0.717) is 5.95 Å². The molecule has 1 unspecified atom stereocenters. The van der Waals surface area contributed by atoms with Crippen LogP contribution in [0.5, 0.6) is 0 Å². The van der Waals surface area contributed by atoms with E-state index in [1.807, 2.05) is 18.2 Å². The third-order valence-electron chi connectivity index (χ3n) is 3.53. The second-order valence-corrected chi connectivity index (χ2v) is 5.97. The van der Waals surface area contributed by atoms with Gasteiger partial charge in [-0.25, -0.2) is 0 Å². The molecular weight excluding hydrogens is 367 g/mol. The van der Waals surface area contributed by atoms with Crippen molar-refractivity contribution < 1.29 is 14.2 Å². The number of fused-ring (bicyclic) bond motifs is 1. The zero-order valence-electron chi connectivity index (χ0n) is 11.4. The van der Waals surface area contributed by atoms with Gasteiger partial charge in [-0.15, -0.1) is 0 Å². The smallest absolute Gasteiger partial charge is 0.301 e. The summed E-state index contributed by atoms with van der Waals surface area (Å²) >= 11 is 2.28. The third-order valence-corrected chi connectivity index (χ3v) is 4.55. The van der Waals surface area contributed by atoms with Crippen LogP contribution in [-0.4, -0.2) is 7.11 Å². The topological polar surface area (TPSA) is 27.7 Å². The summed E-state index contributed by atoms with van der Waals surface area (Å²) in [5.74, 6) is 1.57. The molecule has 1 aliphatic carbocycles. The van der Waals surface area contributed by atoms with E-state index in [0.717, 1.165) is 33.3 Å². The first-order valence-corrected chi connectivity index (χ1v) is 7.93. The molecule has 0 N–H and O–H groups in total. The Morgan fingerprint density at radius 2 is 2.10 bits per heavy atom. The molecule has 3 nitrogen and oxygen atoms in total. The van der Waals surface area contributed by atoms with Gasteiger partial charge in [-0.3, -0.25) is 0 Å². The minimum absolute atomic E-state index is 0.399. The fraction of sp³-hybridized carbons (Fsp3) is 0.375. The van der Waals surface area contributed by atoms with Gasteiger partial charge in [-0.2, -0.15) is 0 Å². The number of hydrogen-bond acceptors (Lipinski definition) is 3. The Morgan fingerprint density at radius 3 is 2.85 bits per heavy atom. The second-order valence-electron chi connectivity index (χ2n) is 4.89. The summed E-state index contributed by atoms with van der Waals surface area (Å²) in [5, 5.41) is 0. The van der Waals surface area contributed by atoms with Crippen LogP contribution in [0, 0.1) is 0 Å². The van der Waals surface area contributed by atoms with E-state index >= 15 is 0 Å². The Balaban J connectivity index is 1.92. The Labute approximate surface area is 132 Å². The van der Waals surface area contributed by atoms with Gasteiger partial charge in [0.15, 0.2) is 0 Å². The first-order chi connectivity index (χ1) is 9.79. The first-order valence-electron chi connectivity index (χ1n) is 6.85. The Bertz CT molecular complexity index is 563. The summed E-state index contributed by atoms with van der Waals surface area (Å²) < 4.78 is 18.3. The largest absolute Gasteiger partial charge is 0.430 e. The van der Waals surface area contributed by atoms with E-state index < -0.39 is 6.29 Å². The molecule has 1 aromatic rings. The lowest BCUT2D eigenvalue weighted by Gasteiger charge is -2.28. The average molecular weight is 384 g/mol. The maximum atomic E-state index is 5.96. The van der Waals surface area contributed by atoms with Crippen LogP contribution >= 0.6 is 22.6 Å². The zero-order chi connectivity index (χ0) is 13.9. The molecule has 1 aromatic carbocycles. The van der Waals surface area contributed by atoms with Gasteiger partial charge in [-0.05, 0) is 47.9 Å². The minimum Gasteiger partial charge on any atom is -0.430 e. The predicted octanol–water partition coefficient (Wildman–Crippen LogP) is 4.90. The minimum atomic E-state index is -0.399. The molecule has 4 heteroatoms. The second kappa shape index (κ2) is 6.18. The van der Waals surface area contributed by atoms with Crippen LogP contribution in [0.4, 0.5) is 0 Å². The normalized spacial score (nSPS) is 21.9. The van der Waals surface area contributed by atoms with Crippen LogP contribution in [0.25, 0.3) is 3.58 Å². The predicted molar refractivity (Wildman–Crippen MR) is 85.9 cm³/mol. The van der Waals surface area contributed by atoms with Crippen molar-refractivity contribution in [2.45, 2.75) is 32.0 Å². The van der Waals surface area contributed by atoms with Crippen LogP contribution < -0.4 is 0 Å². The summed E-state index contributed by atoms with van der Waals surface area (Å²) in [6.45, 7) is 0. The molecule has 0 amide bonds. The number of methoxy groups -OCH3 is 1. The molecule has 0 radical (unpaired) electrons. The highest BCUT2D eigenvalue weighted by molar-refractivity contribution is 14.1. The highest BCUT2D eigenvalue weighted by atomic mass is 127. The van der Waals surface area contributed by atoms with Crippen LogP contribution in [0.1, 0.15) is 43.1 Å². The van der Waals surface area contributed by atoms with Gasteiger partial charge in [0.25, 0.3) is 0 Å². The van der Waals surface area contributed by atoms with Gasteiger partial charge < -0.3 is 14.2 Å². The molecule has 0 bridgehead atoms. The Morgan fingerprint density at radius 1 is 1.25 bits per heavy atom. The van der Waals surface area contributed by atoms with Crippen molar-refractivity contribution in [1.82, 2.24) is 0 Å². The lowest BCUT2D eigenvalue weighted by atomic mass is 10.1. The average Bonchev–Trinajstić information content (AvgIpc) is 2.51. The van der Waals surface area contributed by atoms with E-state index in [2.05, 4.69) is 34.7 Å². The molecule has 1 heterocycles. The molecule has 3 rings (SSSR count). The van der Waals surface area contributed by atoms with E-state index in [1.54, 1.807) is 7.11 Å². The van der Waals surface area contributed by atoms with Gasteiger partial charge in [0.2, 0.25) is 6.29 Å². The quantitative estimate of drug-likeness (QED) is 0.694. The molecule has 1 atom stereocenters. The van der Waals surface area contributed by atoms with Gasteiger partial charge in [0, 0.05) is 24.7 Å². The van der Waals surface area contributed by atoms with Crippen molar-refractivity contribution in [3.05, 3.63) is 53.2 Å². The number of benzene rings is 1. The molecular formula is C16H17IO3. The first kappa shape index (κ1) is 13.9. The molecule has 0 aromatic heterocycles. The van der Waals surface area contributed by atoms with Crippen molar-refractivity contribution >= 4 is 26.2 Å². The summed E-state index contributed by atoms with van der Waals surface area (Å²) in [6.07, 6.45) is 6.25. The van der Waals surface area contributed by atoms with Crippen LogP contribution in [-0.2, 0) is 14.2 Å². The number of hydrogen-bond donors (Lipinski definition) is 0. The summed E-state index contributed by atoms with van der Waals surface area (Å²) in [6, 6.07) is 8.11. The molecule has 0 fully saturated rings. The Hall–Kier alpha value is -1.01. The van der Waals surface area contributed by atoms with Crippen molar-refractivity contribution in [1.29, 1.82) is 0 Å². The number of allylic oxidation sites excluding steroid dienone is 2. The fourth-order valence-electron chi connectivity index (χ4n) is 2.49. The lowest BCUT2D eigenvalue weighted by molar-refractivity contribution is -0.133. The van der Waals surface area contributed by atoms with E-state index in [4.69, 9.17) is 14.2 Å². The number of rotatable bonds is 3. The number of halogens is 1. The van der Waals surface area contributed by atoms with E-state index in [-0.39, 0.29) is 0 Å². The maximum Gasteiger partial charge on any atom is 0.301 e. The molecule has 20 heavy (non-hydrogen) atoms. The van der Waals surface area contributed by atoms with Gasteiger partial charge in [-0.1, -0.05) is 24.3 Å². The highest BCUT2D eigenvalue weighted by Gasteiger charge is 2.28. The van der Waals surface area contributed by atoms with Crippen LogP contribution in [0.3, 0.4) is 0 Å². The molecule has 2 aliphatic rings. The summed E-state index contributed by atoms with van der Waals surface area (Å²) in [5.41, 5.74) is 2.17. The van der Waals surface area contributed by atoms with Crippen molar-refractivity contribution in [2.24, 2.45) is 0 Å². The molecule has 106 valence electrons. The van der Waals surface area contributed by atoms with Gasteiger partial charge in [0.05, 0.1) is 0 Å². The zero-order valence-corrected chi connectivity index (χ0v) is 13.6. The Kier molecular flexibility index (Phi) is 4.31. The molecule has 0 saturated carbocycles. The van der Waals surface area contributed by atoms with Crippen LogP contribution in [0.15, 0.2) is 42.0 Å². The van der Waals surface area contributed by atoms with Crippen molar-refractivity contribution in [3.63, 3.8) is 0 Å². The van der Waals surface area contributed by atoms with Crippen molar-refractivity contribution in [3.8, 4) is 0 Å². The van der Waals surface area contributed by atoms with Gasteiger partial charge in [0.1, 0.15) is 9.34 Å². The maximum absolute atomic E-state index is 5.96. The fourth-order valence-corrected chi connectivity index (χ4v) is 3.22. The van der Waals surface area contributed by atoms with E-state index in [1.165, 1.54) is 12.8 Å². The number of ether oxygens (including phenoxy) is 3. The van der Waals surface area contributed by atoms with Crippen LogP contribution in [0.2, 0.25) is 0 Å². The van der Waals surface area contributed by atoms with E-state index in [9.17, 15) is 0 Å². The summed E-state index contributed by atoms with van der Waals surface area (Å²) in [7, 11) is 1.65. The standard InChI is InChI=1S/C16H17IO3/c1-18-15-13-10-6-5-9-12(13)14(17)16(20-15)19-11-7-3-2-4-8-11/h5-7,9-10,15H,2-4,8H2,1H3. The highest BCUT2D eigenvalue weighted by Crippen LogP contribution is 2.41. The molecule has 0 saturated heterocycles. The third kappa shape index (κ3) is 2.72.